The molecule has 0 aromatic carbocycles. The molecule has 0 aromatic heterocycles. The van der Waals surface area contributed by atoms with Gasteiger partial charge in [-0.25, -0.2) is 0 Å². The smallest absolute Gasteiger partial charge is 1.00 e. The molecule has 20 heavy (non-hydrogen) atoms. The first-order valence-corrected chi connectivity index (χ1v) is 6.25. The van der Waals surface area contributed by atoms with E-state index in [0.717, 1.165) is 0 Å². The molecular formula is C15H20Cl2O2Zr. The van der Waals surface area contributed by atoms with Crippen LogP contribution in [0.2, 0.25) is 0 Å². The van der Waals surface area contributed by atoms with Crippen molar-refractivity contribution in [1.29, 1.82) is 0 Å². The van der Waals surface area contributed by atoms with Crippen molar-refractivity contribution in [3.63, 3.8) is 0 Å². The van der Waals surface area contributed by atoms with Gasteiger partial charge in [0, 0.05) is 25.0 Å². The Morgan fingerprint density at radius 2 is 1.00 bits per heavy atom. The molecule has 0 unspecified atom stereocenters. The van der Waals surface area contributed by atoms with E-state index in [9.17, 15) is 10.2 Å². The van der Waals surface area contributed by atoms with Crippen LogP contribution in [0.15, 0.2) is 48.6 Å². The number of allylic oxidation sites excluding steroid dienone is 8. The van der Waals surface area contributed by atoms with Crippen LogP contribution in [0.4, 0.5) is 0 Å². The second-order valence-corrected chi connectivity index (χ2v) is 4.77. The second-order valence-electron chi connectivity index (χ2n) is 4.77. The molecule has 0 atom stereocenters. The summed E-state index contributed by atoms with van der Waals surface area (Å²) in [6.45, 7) is 0.326. The van der Waals surface area contributed by atoms with Gasteiger partial charge in [0.25, 0.3) is 0 Å². The molecular weight excluding hydrogens is 374 g/mol. The van der Waals surface area contributed by atoms with Crippen molar-refractivity contribution < 1.29 is 61.2 Å². The Morgan fingerprint density at radius 1 is 0.700 bits per heavy atom. The Labute approximate surface area is 152 Å². The van der Waals surface area contributed by atoms with Crippen LogP contribution < -0.4 is 24.8 Å². The third-order valence-corrected chi connectivity index (χ3v) is 3.98. The number of halogens is 2. The molecule has 0 heterocycles. The van der Waals surface area contributed by atoms with E-state index in [4.69, 9.17) is 0 Å². The predicted octanol–water partition coefficient (Wildman–Crippen LogP) is -3.77. The van der Waals surface area contributed by atoms with Gasteiger partial charge in [0.2, 0.25) is 0 Å². The monoisotopic (exact) mass is 392 g/mol. The minimum Gasteiger partial charge on any atom is -1.00 e. The average molecular weight is 394 g/mol. The summed E-state index contributed by atoms with van der Waals surface area (Å²) >= 11 is 0. The van der Waals surface area contributed by atoms with E-state index in [1.807, 2.05) is 0 Å². The molecule has 0 spiro atoms. The Kier molecular flexibility index (Phi) is 12.4. The summed E-state index contributed by atoms with van der Waals surface area (Å²) in [7, 11) is 0. The van der Waals surface area contributed by atoms with Crippen LogP contribution in [-0.2, 0) is 26.2 Å². The van der Waals surface area contributed by atoms with Gasteiger partial charge in [0.1, 0.15) is 0 Å². The minimum atomic E-state index is -0.0868. The molecule has 2 nitrogen and oxygen atoms in total. The van der Waals surface area contributed by atoms with E-state index < -0.39 is 0 Å². The molecule has 0 aromatic rings. The van der Waals surface area contributed by atoms with Crippen LogP contribution in [0, 0.1) is 17.3 Å². The summed E-state index contributed by atoms with van der Waals surface area (Å²) in [6.07, 6.45) is 18.3. The number of hydrogen-bond acceptors (Lipinski definition) is 2. The fraction of sp³-hybridized carbons (Fsp3) is 0.467. The van der Waals surface area contributed by atoms with E-state index in [2.05, 4.69) is 48.6 Å². The molecule has 0 saturated heterocycles. The summed E-state index contributed by atoms with van der Waals surface area (Å²) in [5.74, 6) is 0.610. The predicted molar refractivity (Wildman–Crippen MR) is 69.4 cm³/mol. The van der Waals surface area contributed by atoms with E-state index >= 15 is 0 Å². The number of aliphatic hydroxyl groups is 2. The van der Waals surface area contributed by atoms with Crippen LogP contribution in [0.3, 0.4) is 0 Å². The fourth-order valence-electron chi connectivity index (χ4n) is 3.06. The molecule has 2 aliphatic rings. The van der Waals surface area contributed by atoms with E-state index in [0.29, 0.717) is 24.7 Å². The van der Waals surface area contributed by atoms with E-state index in [-0.39, 0.29) is 69.6 Å². The number of hydrogen-bond donors (Lipinski definition) is 2. The molecule has 0 saturated carbocycles. The molecule has 5 heteroatoms. The maximum absolute atomic E-state index is 9.37. The van der Waals surface area contributed by atoms with Gasteiger partial charge in [-0.05, 0) is 18.3 Å². The summed E-state index contributed by atoms with van der Waals surface area (Å²) < 4.78 is 0. The third kappa shape index (κ3) is 4.68. The molecule has 0 amide bonds. The van der Waals surface area contributed by atoms with Gasteiger partial charge >= 0.3 is 26.2 Å². The average Bonchev–Trinajstić information content (AvgIpc) is 3.02. The fourth-order valence-corrected chi connectivity index (χ4v) is 3.06. The Morgan fingerprint density at radius 3 is 1.25 bits per heavy atom. The van der Waals surface area contributed by atoms with Crippen molar-refractivity contribution >= 4 is 0 Å². The minimum absolute atomic E-state index is 0. The van der Waals surface area contributed by atoms with Gasteiger partial charge < -0.3 is 35.0 Å². The molecule has 0 bridgehead atoms. The number of aliphatic hydroxyl groups excluding tert-OH is 2. The zero-order valence-corrected chi connectivity index (χ0v) is 15.2. The zero-order chi connectivity index (χ0) is 12.1. The maximum atomic E-state index is 9.37. The van der Waals surface area contributed by atoms with Crippen molar-refractivity contribution in [2.24, 2.45) is 17.3 Å². The van der Waals surface area contributed by atoms with Crippen LogP contribution >= 0.6 is 0 Å². The van der Waals surface area contributed by atoms with Gasteiger partial charge in [-0.15, -0.1) is 0 Å². The Balaban J connectivity index is 0. The van der Waals surface area contributed by atoms with Crippen LogP contribution in [0.1, 0.15) is 12.8 Å². The Bertz CT molecular complexity index is 318. The quantitative estimate of drug-likeness (QED) is 0.486. The van der Waals surface area contributed by atoms with Gasteiger partial charge in [-0.2, -0.15) is 0 Å². The van der Waals surface area contributed by atoms with Gasteiger partial charge in [0.05, 0.1) is 0 Å². The van der Waals surface area contributed by atoms with Crippen molar-refractivity contribution in [3.05, 3.63) is 48.6 Å². The summed E-state index contributed by atoms with van der Waals surface area (Å²) in [5, 5.41) is 18.7. The molecule has 2 N–H and O–H groups in total. The zero-order valence-electron chi connectivity index (χ0n) is 11.3. The van der Waals surface area contributed by atoms with Gasteiger partial charge in [0.15, 0.2) is 0 Å². The van der Waals surface area contributed by atoms with Gasteiger partial charge in [-0.1, -0.05) is 48.6 Å². The first kappa shape index (κ1) is 22.6. The van der Waals surface area contributed by atoms with E-state index in [1.54, 1.807) is 0 Å². The van der Waals surface area contributed by atoms with Crippen molar-refractivity contribution in [1.82, 2.24) is 0 Å². The molecule has 2 aliphatic carbocycles. The summed E-state index contributed by atoms with van der Waals surface area (Å²) in [6, 6.07) is 0. The van der Waals surface area contributed by atoms with Crippen molar-refractivity contribution in [2.75, 3.05) is 13.2 Å². The number of rotatable bonds is 6. The first-order chi connectivity index (χ1) is 8.33. The van der Waals surface area contributed by atoms with Crippen molar-refractivity contribution in [2.45, 2.75) is 12.8 Å². The van der Waals surface area contributed by atoms with Gasteiger partial charge in [-0.3, -0.25) is 0 Å². The Hall–Kier alpha value is 0.343. The first-order valence-electron chi connectivity index (χ1n) is 6.25. The standard InChI is InChI=1S/C15H20O2.2ClH.Zr/c16-11-9-15(10-12-17,13-5-1-2-6-13)14-7-3-4-8-14;;;/h1-8,13-14,16-17H,9-12H2;2*1H;/q;;;+2/p-2. The van der Waals surface area contributed by atoms with Crippen LogP contribution in [0.25, 0.3) is 0 Å². The largest absolute Gasteiger partial charge is 2.00 e. The SMILES string of the molecule is OCCC(CCO)(C1C=CC=C1)C1C=CC=C1.[Cl-].[Cl-].[Zr+2]. The third-order valence-electron chi connectivity index (χ3n) is 3.98. The topological polar surface area (TPSA) is 40.5 Å². The van der Waals surface area contributed by atoms with Crippen LogP contribution in [0.5, 0.6) is 0 Å². The second kappa shape index (κ2) is 11.0. The summed E-state index contributed by atoms with van der Waals surface area (Å²) in [4.78, 5) is 0. The molecule has 0 fully saturated rings. The van der Waals surface area contributed by atoms with Crippen molar-refractivity contribution in [3.8, 4) is 0 Å². The van der Waals surface area contributed by atoms with Crippen LogP contribution in [-0.4, -0.2) is 23.4 Å². The molecule has 0 aliphatic heterocycles. The molecule has 110 valence electrons. The molecule has 2 rings (SSSR count). The normalized spacial score (nSPS) is 16.9. The van der Waals surface area contributed by atoms with E-state index in [1.165, 1.54) is 0 Å². The molecule has 0 radical (unpaired) electrons. The summed E-state index contributed by atoms with van der Waals surface area (Å²) in [5.41, 5.74) is -0.0868. The maximum Gasteiger partial charge on any atom is 2.00 e.